The van der Waals surface area contributed by atoms with Crippen molar-refractivity contribution in [3.05, 3.63) is 71.5 Å². The van der Waals surface area contributed by atoms with Gasteiger partial charge < -0.3 is 10.2 Å². The Hall–Kier alpha value is -2.35. The molecule has 8 heteroatoms. The van der Waals surface area contributed by atoms with Crippen molar-refractivity contribution in [1.82, 2.24) is 9.80 Å². The molecule has 1 fully saturated rings. The largest absolute Gasteiger partial charge is 0.336 e. The molecule has 2 aromatic carbocycles. The van der Waals surface area contributed by atoms with E-state index < -0.39 is 5.82 Å². The van der Waals surface area contributed by atoms with Crippen LogP contribution in [0.4, 0.5) is 10.1 Å². The molecule has 1 aliphatic rings. The van der Waals surface area contributed by atoms with Crippen molar-refractivity contribution in [2.45, 2.75) is 4.90 Å². The zero-order valence-corrected chi connectivity index (χ0v) is 18.0. The van der Waals surface area contributed by atoms with Gasteiger partial charge in [0.1, 0.15) is 5.82 Å². The minimum absolute atomic E-state index is 0.0944. The molecule has 5 nitrogen and oxygen atoms in total. The highest BCUT2D eigenvalue weighted by Crippen LogP contribution is 2.27. The minimum atomic E-state index is -0.475. The average Bonchev–Trinajstić information content (AvgIpc) is 2.73. The molecular formula is C22H23ClFN3O2S. The van der Waals surface area contributed by atoms with Gasteiger partial charge in [0, 0.05) is 36.8 Å². The van der Waals surface area contributed by atoms with Crippen molar-refractivity contribution >= 4 is 40.9 Å². The smallest absolute Gasteiger partial charge is 0.255 e. The Morgan fingerprint density at radius 1 is 1.17 bits per heavy atom. The number of rotatable bonds is 7. The van der Waals surface area contributed by atoms with Crippen LogP contribution in [0.2, 0.25) is 5.02 Å². The number of anilines is 1. The number of nitrogens with zero attached hydrogens (tertiary/aromatic N) is 2. The van der Waals surface area contributed by atoms with Crippen LogP contribution in [-0.4, -0.2) is 60.1 Å². The van der Waals surface area contributed by atoms with Crippen LogP contribution in [0.25, 0.3) is 0 Å². The summed E-state index contributed by atoms with van der Waals surface area (Å²) in [6, 6.07) is 11.4. The lowest BCUT2D eigenvalue weighted by molar-refractivity contribution is -0.117. The van der Waals surface area contributed by atoms with Gasteiger partial charge in [0.25, 0.3) is 5.91 Å². The first-order chi connectivity index (χ1) is 14.5. The van der Waals surface area contributed by atoms with Crippen molar-refractivity contribution < 1.29 is 14.0 Å². The predicted octanol–water partition coefficient (Wildman–Crippen LogP) is 4.15. The third-order valence-electron chi connectivity index (χ3n) is 4.71. The van der Waals surface area contributed by atoms with E-state index in [-0.39, 0.29) is 28.9 Å². The minimum Gasteiger partial charge on any atom is -0.336 e. The van der Waals surface area contributed by atoms with Gasteiger partial charge in [0.15, 0.2) is 0 Å². The van der Waals surface area contributed by atoms with Gasteiger partial charge in [-0.3, -0.25) is 14.5 Å². The fourth-order valence-electron chi connectivity index (χ4n) is 3.18. The van der Waals surface area contributed by atoms with Gasteiger partial charge in [-0.25, -0.2) is 4.39 Å². The molecule has 1 N–H and O–H groups in total. The maximum atomic E-state index is 13.2. The molecule has 0 aromatic heterocycles. The molecule has 0 unspecified atom stereocenters. The van der Waals surface area contributed by atoms with Gasteiger partial charge in [-0.2, -0.15) is 0 Å². The lowest BCUT2D eigenvalue weighted by Gasteiger charge is -2.34. The molecule has 30 heavy (non-hydrogen) atoms. The van der Waals surface area contributed by atoms with Gasteiger partial charge in [-0.15, -0.1) is 18.3 Å². The molecule has 2 amide bonds. The number of nitrogens with one attached hydrogen (secondary N) is 1. The number of thioether (sulfide) groups is 1. The van der Waals surface area contributed by atoms with E-state index in [1.54, 1.807) is 16.7 Å². The van der Waals surface area contributed by atoms with E-state index in [0.29, 0.717) is 26.2 Å². The van der Waals surface area contributed by atoms with E-state index in [0.717, 1.165) is 22.4 Å². The van der Waals surface area contributed by atoms with Crippen molar-refractivity contribution in [2.75, 3.05) is 43.8 Å². The van der Waals surface area contributed by atoms with Crippen LogP contribution in [-0.2, 0) is 4.79 Å². The number of carbonyl (C=O) groups excluding carboxylic acids is 2. The first-order valence-corrected chi connectivity index (χ1v) is 10.9. The van der Waals surface area contributed by atoms with Crippen LogP contribution in [0.5, 0.6) is 0 Å². The van der Waals surface area contributed by atoms with Crippen molar-refractivity contribution in [1.29, 1.82) is 0 Å². The SMILES string of the molecule is C=CCSc1ccccc1NC(=O)CN1CCN(C(=O)c2ccc(F)cc2Cl)CC1. The van der Waals surface area contributed by atoms with Gasteiger partial charge in [-0.05, 0) is 30.3 Å². The zero-order chi connectivity index (χ0) is 21.5. The Labute approximate surface area is 184 Å². The maximum Gasteiger partial charge on any atom is 0.255 e. The summed E-state index contributed by atoms with van der Waals surface area (Å²) in [5.74, 6) is -0.0295. The lowest BCUT2D eigenvalue weighted by Crippen LogP contribution is -2.50. The number of piperazine rings is 1. The van der Waals surface area contributed by atoms with Gasteiger partial charge in [0.2, 0.25) is 5.91 Å². The summed E-state index contributed by atoms with van der Waals surface area (Å²) >= 11 is 7.62. The van der Waals surface area contributed by atoms with Crippen molar-refractivity contribution in [2.24, 2.45) is 0 Å². The van der Waals surface area contributed by atoms with Crippen molar-refractivity contribution in [3.8, 4) is 0 Å². The molecule has 0 radical (unpaired) electrons. The van der Waals surface area contributed by atoms with E-state index >= 15 is 0 Å². The summed E-state index contributed by atoms with van der Waals surface area (Å²) in [5, 5.41) is 3.08. The van der Waals surface area contributed by atoms with Crippen LogP contribution < -0.4 is 5.32 Å². The summed E-state index contributed by atoms with van der Waals surface area (Å²) in [7, 11) is 0. The Morgan fingerprint density at radius 2 is 1.90 bits per heavy atom. The number of carbonyl (C=O) groups is 2. The molecule has 0 bridgehead atoms. The van der Waals surface area contributed by atoms with Crippen LogP contribution in [0.3, 0.4) is 0 Å². The van der Waals surface area contributed by atoms with E-state index in [2.05, 4.69) is 11.9 Å². The number of amides is 2. The molecule has 2 aromatic rings. The molecular weight excluding hydrogens is 425 g/mol. The highest BCUT2D eigenvalue weighted by Gasteiger charge is 2.24. The molecule has 158 valence electrons. The third-order valence-corrected chi connectivity index (χ3v) is 6.09. The number of para-hydroxylation sites is 1. The number of hydrogen-bond donors (Lipinski definition) is 1. The van der Waals surface area contributed by atoms with Crippen LogP contribution in [0.15, 0.2) is 60.0 Å². The molecule has 0 atom stereocenters. The van der Waals surface area contributed by atoms with Crippen molar-refractivity contribution in [3.63, 3.8) is 0 Å². The Kier molecular flexibility index (Phi) is 7.90. The normalized spacial score (nSPS) is 14.4. The second-order valence-corrected chi connectivity index (χ2v) is 8.31. The monoisotopic (exact) mass is 447 g/mol. The van der Waals surface area contributed by atoms with E-state index in [4.69, 9.17) is 11.6 Å². The third kappa shape index (κ3) is 5.84. The summed E-state index contributed by atoms with van der Waals surface area (Å²) in [4.78, 5) is 29.8. The number of halogens is 2. The molecule has 0 spiro atoms. The maximum absolute atomic E-state index is 13.2. The molecule has 1 saturated heterocycles. The highest BCUT2D eigenvalue weighted by atomic mass is 35.5. The van der Waals surface area contributed by atoms with E-state index in [1.807, 2.05) is 35.2 Å². The van der Waals surface area contributed by atoms with Crippen LogP contribution in [0, 0.1) is 5.82 Å². The summed E-state index contributed by atoms with van der Waals surface area (Å²) in [5.41, 5.74) is 1.08. The Morgan fingerprint density at radius 3 is 2.60 bits per heavy atom. The first kappa shape index (κ1) is 22.3. The van der Waals surface area contributed by atoms with E-state index in [1.165, 1.54) is 12.1 Å². The zero-order valence-electron chi connectivity index (χ0n) is 16.4. The highest BCUT2D eigenvalue weighted by molar-refractivity contribution is 7.99. The summed E-state index contributed by atoms with van der Waals surface area (Å²) < 4.78 is 13.2. The van der Waals surface area contributed by atoms with Crippen LogP contribution >= 0.6 is 23.4 Å². The topological polar surface area (TPSA) is 52.7 Å². The first-order valence-electron chi connectivity index (χ1n) is 9.57. The molecule has 3 rings (SSSR count). The summed E-state index contributed by atoms with van der Waals surface area (Å²) in [6.07, 6.45) is 1.82. The molecule has 0 saturated carbocycles. The van der Waals surface area contributed by atoms with E-state index in [9.17, 15) is 14.0 Å². The van der Waals surface area contributed by atoms with Gasteiger partial charge >= 0.3 is 0 Å². The average molecular weight is 448 g/mol. The Bertz CT molecular complexity index is 932. The molecule has 1 heterocycles. The fourth-order valence-corrected chi connectivity index (χ4v) is 4.17. The van der Waals surface area contributed by atoms with Gasteiger partial charge in [0.05, 0.1) is 22.8 Å². The van der Waals surface area contributed by atoms with Gasteiger partial charge in [-0.1, -0.05) is 29.8 Å². The standard InChI is InChI=1S/C22H23ClFN3O2S/c1-2-13-30-20-6-4-3-5-19(20)25-21(28)15-26-9-11-27(12-10-26)22(29)17-8-7-16(24)14-18(17)23/h2-8,14H,1,9-13,15H2,(H,25,28). The second-order valence-electron chi connectivity index (χ2n) is 6.84. The Balaban J connectivity index is 1.52. The quantitative estimate of drug-likeness (QED) is 0.511. The summed E-state index contributed by atoms with van der Waals surface area (Å²) in [6.45, 7) is 6.08. The number of benzene rings is 2. The molecule has 0 aliphatic carbocycles. The lowest BCUT2D eigenvalue weighted by atomic mass is 10.1. The second kappa shape index (κ2) is 10.6. The van der Waals surface area contributed by atoms with Crippen LogP contribution in [0.1, 0.15) is 10.4 Å². The molecule has 1 aliphatic heterocycles. The number of hydrogen-bond acceptors (Lipinski definition) is 4. The fraction of sp³-hybridized carbons (Fsp3) is 0.273. The predicted molar refractivity (Wildman–Crippen MR) is 120 cm³/mol.